The van der Waals surface area contributed by atoms with E-state index in [4.69, 9.17) is 5.11 Å². The number of nitrogens with zero attached hydrogens (tertiary/aromatic N) is 1. The van der Waals surface area contributed by atoms with Crippen LogP contribution in [0.2, 0.25) is 0 Å². The zero-order valence-corrected chi connectivity index (χ0v) is 12.2. The van der Waals surface area contributed by atoms with Gasteiger partial charge in [0.15, 0.2) is 0 Å². The van der Waals surface area contributed by atoms with Gasteiger partial charge >= 0.3 is 5.97 Å². The molecule has 0 aromatic heterocycles. The standard InChI is InChI=1S/C15H25NO3/c1-15(2,3)16(9-14(18)19)13(17)8-12-7-10-4-5-11(12)6-10/h10-12H,4-9H2,1-3H3,(H,18,19). The molecule has 0 saturated heterocycles. The van der Waals surface area contributed by atoms with Crippen molar-refractivity contribution in [2.45, 2.75) is 58.4 Å². The summed E-state index contributed by atoms with van der Waals surface area (Å²) in [6.45, 7) is 5.50. The largest absolute Gasteiger partial charge is 0.480 e. The van der Waals surface area contributed by atoms with Crippen molar-refractivity contribution < 1.29 is 14.7 Å². The Bertz CT molecular complexity index is 372. The molecular weight excluding hydrogens is 242 g/mol. The number of aliphatic carboxylic acids is 1. The molecule has 4 nitrogen and oxygen atoms in total. The second-order valence-electron chi connectivity index (χ2n) is 7.18. The third-order valence-corrected chi connectivity index (χ3v) is 4.73. The van der Waals surface area contributed by atoms with Gasteiger partial charge < -0.3 is 10.0 Å². The van der Waals surface area contributed by atoms with Gasteiger partial charge in [0.05, 0.1) is 0 Å². The number of hydrogen-bond acceptors (Lipinski definition) is 2. The van der Waals surface area contributed by atoms with Crippen LogP contribution in [-0.2, 0) is 9.59 Å². The quantitative estimate of drug-likeness (QED) is 0.851. The van der Waals surface area contributed by atoms with Gasteiger partial charge in [0.25, 0.3) is 0 Å². The van der Waals surface area contributed by atoms with Gasteiger partial charge in [-0.05, 0) is 57.8 Å². The van der Waals surface area contributed by atoms with Gasteiger partial charge in [-0.3, -0.25) is 9.59 Å². The van der Waals surface area contributed by atoms with Crippen molar-refractivity contribution in [3.8, 4) is 0 Å². The summed E-state index contributed by atoms with van der Waals surface area (Å²) in [6, 6.07) is 0. The second kappa shape index (κ2) is 5.14. The number of carbonyl (C=O) groups excluding carboxylic acids is 1. The summed E-state index contributed by atoms with van der Waals surface area (Å²) in [5, 5.41) is 8.97. The predicted molar refractivity (Wildman–Crippen MR) is 72.7 cm³/mol. The molecular formula is C15H25NO3. The summed E-state index contributed by atoms with van der Waals surface area (Å²) >= 11 is 0. The highest BCUT2D eigenvalue weighted by molar-refractivity contribution is 5.82. The lowest BCUT2D eigenvalue weighted by atomic mass is 9.85. The summed E-state index contributed by atoms with van der Waals surface area (Å²) < 4.78 is 0. The summed E-state index contributed by atoms with van der Waals surface area (Å²) in [5.74, 6) is 1.10. The molecule has 0 heterocycles. The molecule has 3 atom stereocenters. The molecule has 3 unspecified atom stereocenters. The zero-order chi connectivity index (χ0) is 14.2. The number of amides is 1. The topological polar surface area (TPSA) is 57.6 Å². The van der Waals surface area contributed by atoms with E-state index in [0.717, 1.165) is 5.92 Å². The molecule has 2 fully saturated rings. The van der Waals surface area contributed by atoms with Crippen molar-refractivity contribution in [3.63, 3.8) is 0 Å². The van der Waals surface area contributed by atoms with E-state index >= 15 is 0 Å². The maximum Gasteiger partial charge on any atom is 0.323 e. The molecule has 1 amide bonds. The number of hydrogen-bond donors (Lipinski definition) is 1. The van der Waals surface area contributed by atoms with Crippen molar-refractivity contribution >= 4 is 11.9 Å². The van der Waals surface area contributed by atoms with Gasteiger partial charge in [-0.25, -0.2) is 0 Å². The molecule has 2 aliphatic carbocycles. The molecule has 2 bridgehead atoms. The Balaban J connectivity index is 1.97. The summed E-state index contributed by atoms with van der Waals surface area (Å²) in [6.07, 6.45) is 5.57. The van der Waals surface area contributed by atoms with Crippen molar-refractivity contribution in [1.29, 1.82) is 0 Å². The minimum absolute atomic E-state index is 0.00690. The van der Waals surface area contributed by atoms with Crippen molar-refractivity contribution in [2.24, 2.45) is 17.8 Å². The van der Waals surface area contributed by atoms with E-state index in [1.807, 2.05) is 20.8 Å². The first-order valence-corrected chi connectivity index (χ1v) is 7.29. The third kappa shape index (κ3) is 3.28. The van der Waals surface area contributed by atoms with Gasteiger partial charge in [-0.2, -0.15) is 0 Å². The maximum atomic E-state index is 12.4. The van der Waals surface area contributed by atoms with E-state index in [0.29, 0.717) is 18.3 Å². The fraction of sp³-hybridized carbons (Fsp3) is 0.867. The molecule has 0 aromatic rings. The molecule has 0 spiro atoms. The molecule has 0 aromatic carbocycles. The summed E-state index contributed by atoms with van der Waals surface area (Å²) in [4.78, 5) is 24.9. The van der Waals surface area contributed by atoms with E-state index in [1.54, 1.807) is 0 Å². The molecule has 108 valence electrons. The smallest absolute Gasteiger partial charge is 0.323 e. The lowest BCUT2D eigenvalue weighted by Gasteiger charge is -2.36. The van der Waals surface area contributed by atoms with Gasteiger partial charge in [-0.1, -0.05) is 6.42 Å². The normalized spacial score (nSPS) is 29.5. The molecule has 1 N–H and O–H groups in total. The van der Waals surface area contributed by atoms with E-state index in [9.17, 15) is 9.59 Å². The highest BCUT2D eigenvalue weighted by Gasteiger charge is 2.41. The van der Waals surface area contributed by atoms with Crippen LogP contribution in [0.5, 0.6) is 0 Å². The number of fused-ring (bicyclic) bond motifs is 2. The Morgan fingerprint density at radius 1 is 1.21 bits per heavy atom. The molecule has 4 heteroatoms. The first-order chi connectivity index (χ1) is 8.77. The second-order valence-corrected chi connectivity index (χ2v) is 7.18. The fourth-order valence-corrected chi connectivity index (χ4v) is 3.80. The Morgan fingerprint density at radius 2 is 1.89 bits per heavy atom. The van der Waals surface area contributed by atoms with E-state index < -0.39 is 11.5 Å². The first kappa shape index (κ1) is 14.4. The van der Waals surface area contributed by atoms with E-state index in [2.05, 4.69) is 0 Å². The number of carboxylic acids is 1. The van der Waals surface area contributed by atoms with Crippen LogP contribution in [0.25, 0.3) is 0 Å². The van der Waals surface area contributed by atoms with Crippen LogP contribution in [0, 0.1) is 17.8 Å². The third-order valence-electron chi connectivity index (χ3n) is 4.73. The number of carboxylic acid groups (broad SMARTS) is 1. The van der Waals surface area contributed by atoms with E-state index in [-0.39, 0.29) is 12.5 Å². The van der Waals surface area contributed by atoms with Gasteiger partial charge in [-0.15, -0.1) is 0 Å². The van der Waals surface area contributed by atoms with Crippen LogP contribution >= 0.6 is 0 Å². The summed E-state index contributed by atoms with van der Waals surface area (Å²) in [5.41, 5.74) is -0.424. The number of rotatable bonds is 4. The number of carbonyl (C=O) groups is 2. The Hall–Kier alpha value is -1.06. The average Bonchev–Trinajstić information content (AvgIpc) is 2.85. The van der Waals surface area contributed by atoms with Crippen LogP contribution in [0.4, 0.5) is 0 Å². The van der Waals surface area contributed by atoms with Gasteiger partial charge in [0, 0.05) is 12.0 Å². The minimum Gasteiger partial charge on any atom is -0.480 e. The lowest BCUT2D eigenvalue weighted by Crippen LogP contribution is -2.48. The van der Waals surface area contributed by atoms with E-state index in [1.165, 1.54) is 30.6 Å². The molecule has 19 heavy (non-hydrogen) atoms. The van der Waals surface area contributed by atoms with Crippen molar-refractivity contribution in [1.82, 2.24) is 4.90 Å². The lowest BCUT2D eigenvalue weighted by molar-refractivity contribution is -0.149. The zero-order valence-electron chi connectivity index (χ0n) is 12.2. The highest BCUT2D eigenvalue weighted by atomic mass is 16.4. The SMILES string of the molecule is CC(C)(C)N(CC(=O)O)C(=O)CC1CC2CCC1C2. The van der Waals surface area contributed by atoms with Crippen LogP contribution in [-0.4, -0.2) is 34.0 Å². The summed E-state index contributed by atoms with van der Waals surface area (Å²) in [7, 11) is 0. The average molecular weight is 267 g/mol. The minimum atomic E-state index is -0.934. The molecule has 0 radical (unpaired) electrons. The van der Waals surface area contributed by atoms with Crippen LogP contribution < -0.4 is 0 Å². The molecule has 0 aliphatic heterocycles. The maximum absolute atomic E-state index is 12.4. The Labute approximate surface area is 115 Å². The monoisotopic (exact) mass is 267 g/mol. The van der Waals surface area contributed by atoms with Gasteiger partial charge in [0.2, 0.25) is 5.91 Å². The van der Waals surface area contributed by atoms with Crippen LogP contribution in [0.15, 0.2) is 0 Å². The Morgan fingerprint density at radius 3 is 2.32 bits per heavy atom. The van der Waals surface area contributed by atoms with Crippen molar-refractivity contribution in [2.75, 3.05) is 6.54 Å². The fourth-order valence-electron chi connectivity index (χ4n) is 3.80. The molecule has 2 aliphatic rings. The van der Waals surface area contributed by atoms with Gasteiger partial charge in [0.1, 0.15) is 6.54 Å². The van der Waals surface area contributed by atoms with Crippen LogP contribution in [0.3, 0.4) is 0 Å². The first-order valence-electron chi connectivity index (χ1n) is 7.29. The Kier molecular flexibility index (Phi) is 3.88. The molecule has 2 rings (SSSR count). The van der Waals surface area contributed by atoms with Crippen molar-refractivity contribution in [3.05, 3.63) is 0 Å². The molecule has 2 saturated carbocycles. The van der Waals surface area contributed by atoms with Crippen LogP contribution in [0.1, 0.15) is 52.9 Å². The predicted octanol–water partition coefficient (Wildman–Crippen LogP) is 2.52. The highest BCUT2D eigenvalue weighted by Crippen LogP contribution is 2.49.